The number of hydrogen-bond donors (Lipinski definition) is 1. The van der Waals surface area contributed by atoms with Crippen LogP contribution in [0.25, 0.3) is 0 Å². The van der Waals surface area contributed by atoms with E-state index in [1.54, 1.807) is 35.2 Å². The number of likely N-dealkylation sites (N-methyl/N-ethyl adjacent to an activating group) is 1. The summed E-state index contributed by atoms with van der Waals surface area (Å²) in [7, 11) is 1.91. The lowest BCUT2D eigenvalue weighted by atomic mass is 10.1. The number of hydrogen-bond acceptors (Lipinski definition) is 5. The van der Waals surface area contributed by atoms with Gasteiger partial charge >= 0.3 is 0 Å². The molecule has 0 bridgehead atoms. The zero-order valence-corrected chi connectivity index (χ0v) is 15.2. The lowest BCUT2D eigenvalue weighted by Gasteiger charge is -2.32. The second-order valence-corrected chi connectivity index (χ2v) is 6.57. The number of nitrogens with one attached hydrogen (secondary N) is 1. The van der Waals surface area contributed by atoms with Crippen molar-refractivity contribution in [3.05, 3.63) is 46.1 Å². The molecular formula is C17H18Cl2N4O2. The zero-order valence-electron chi connectivity index (χ0n) is 13.7. The van der Waals surface area contributed by atoms with E-state index in [0.717, 1.165) is 19.4 Å². The fourth-order valence-electron chi connectivity index (χ4n) is 2.72. The normalized spacial score (nSPS) is 17.4. The number of benzene rings is 1. The summed E-state index contributed by atoms with van der Waals surface area (Å²) in [6.07, 6.45) is 2.04. The van der Waals surface area contributed by atoms with Crippen molar-refractivity contribution in [1.82, 2.24) is 20.4 Å². The molecule has 132 valence electrons. The fraction of sp³-hybridized carbons (Fsp3) is 0.353. The Balaban J connectivity index is 1.69. The van der Waals surface area contributed by atoms with Crippen LogP contribution in [0, 0.1) is 0 Å². The zero-order chi connectivity index (χ0) is 17.8. The summed E-state index contributed by atoms with van der Waals surface area (Å²) in [5, 5.41) is 11.9. The van der Waals surface area contributed by atoms with Crippen molar-refractivity contribution in [3.63, 3.8) is 0 Å². The van der Waals surface area contributed by atoms with E-state index in [0.29, 0.717) is 34.1 Å². The minimum Gasteiger partial charge on any atom is -0.436 e. The average molecular weight is 381 g/mol. The maximum Gasteiger partial charge on any atom is 0.274 e. The van der Waals surface area contributed by atoms with Gasteiger partial charge in [0.25, 0.3) is 5.91 Å². The van der Waals surface area contributed by atoms with Crippen LogP contribution in [0.1, 0.15) is 23.3 Å². The minimum atomic E-state index is -0.125. The van der Waals surface area contributed by atoms with Crippen molar-refractivity contribution in [1.29, 1.82) is 0 Å². The van der Waals surface area contributed by atoms with E-state index in [1.165, 1.54) is 0 Å². The highest BCUT2D eigenvalue weighted by molar-refractivity contribution is 6.42. The van der Waals surface area contributed by atoms with Gasteiger partial charge in [-0.15, -0.1) is 10.2 Å². The first kappa shape index (κ1) is 17.9. The van der Waals surface area contributed by atoms with Gasteiger partial charge in [-0.05, 0) is 38.1 Å². The molecule has 1 unspecified atom stereocenters. The van der Waals surface area contributed by atoms with Gasteiger partial charge in [-0.1, -0.05) is 29.3 Å². The highest BCUT2D eigenvalue weighted by atomic mass is 35.5. The van der Waals surface area contributed by atoms with Gasteiger partial charge in [0.15, 0.2) is 5.69 Å². The van der Waals surface area contributed by atoms with Gasteiger partial charge in [0.2, 0.25) is 5.88 Å². The van der Waals surface area contributed by atoms with Crippen LogP contribution in [0.15, 0.2) is 30.3 Å². The molecule has 1 atom stereocenters. The van der Waals surface area contributed by atoms with Crippen LogP contribution in [-0.2, 0) is 0 Å². The Bertz CT molecular complexity index is 755. The maximum absolute atomic E-state index is 12.5. The number of amides is 1. The molecule has 0 spiro atoms. The summed E-state index contributed by atoms with van der Waals surface area (Å²) < 4.78 is 5.58. The number of carbonyl (C=O) groups excluding carboxylic acids is 1. The number of halogens is 2. The van der Waals surface area contributed by atoms with Gasteiger partial charge in [-0.3, -0.25) is 4.79 Å². The molecule has 3 rings (SSSR count). The molecular weight excluding hydrogens is 363 g/mol. The van der Waals surface area contributed by atoms with Crippen molar-refractivity contribution in [2.45, 2.75) is 18.9 Å². The summed E-state index contributed by atoms with van der Waals surface area (Å²) in [4.78, 5) is 14.3. The van der Waals surface area contributed by atoms with Gasteiger partial charge < -0.3 is 15.0 Å². The molecule has 1 fully saturated rings. The summed E-state index contributed by atoms with van der Waals surface area (Å²) in [6, 6.07) is 8.59. The third-order valence-corrected chi connectivity index (χ3v) is 4.91. The molecule has 0 aliphatic carbocycles. The summed E-state index contributed by atoms with van der Waals surface area (Å²) >= 11 is 12.0. The number of aromatic nitrogens is 2. The maximum atomic E-state index is 12.5. The van der Waals surface area contributed by atoms with E-state index in [1.807, 2.05) is 7.05 Å². The van der Waals surface area contributed by atoms with E-state index in [-0.39, 0.29) is 11.8 Å². The van der Waals surface area contributed by atoms with Crippen LogP contribution in [0.2, 0.25) is 10.0 Å². The number of likely N-dealkylation sites (tertiary alicyclic amines) is 1. The van der Waals surface area contributed by atoms with Gasteiger partial charge in [-0.25, -0.2) is 0 Å². The van der Waals surface area contributed by atoms with Gasteiger partial charge in [0.05, 0.1) is 5.02 Å². The third-order valence-electron chi connectivity index (χ3n) is 4.11. The Morgan fingerprint density at radius 2 is 2.12 bits per heavy atom. The standard InChI is InChI=1S/C17H18Cl2N4O2/c1-20-11-4-3-9-23(10-11)17(24)13-7-8-15(22-21-13)25-14-6-2-5-12(18)16(14)19/h2,5-8,11,20H,3-4,9-10H2,1H3. The molecule has 1 aromatic heterocycles. The molecule has 1 N–H and O–H groups in total. The van der Waals surface area contributed by atoms with Crippen LogP contribution in [-0.4, -0.2) is 47.2 Å². The van der Waals surface area contributed by atoms with E-state index < -0.39 is 0 Å². The number of carbonyl (C=O) groups is 1. The van der Waals surface area contributed by atoms with Gasteiger partial charge in [0, 0.05) is 25.2 Å². The average Bonchev–Trinajstić information content (AvgIpc) is 2.65. The Kier molecular flexibility index (Phi) is 5.73. The first-order valence-electron chi connectivity index (χ1n) is 8.00. The van der Waals surface area contributed by atoms with Crippen LogP contribution in [0.5, 0.6) is 11.6 Å². The second kappa shape index (κ2) is 7.99. The van der Waals surface area contributed by atoms with Crippen LogP contribution >= 0.6 is 23.2 Å². The summed E-state index contributed by atoms with van der Waals surface area (Å²) in [6.45, 7) is 1.41. The molecule has 1 amide bonds. The van der Waals surface area contributed by atoms with Crippen LogP contribution in [0.4, 0.5) is 0 Å². The van der Waals surface area contributed by atoms with Crippen molar-refractivity contribution in [2.24, 2.45) is 0 Å². The van der Waals surface area contributed by atoms with Crippen molar-refractivity contribution < 1.29 is 9.53 Å². The molecule has 2 heterocycles. The lowest BCUT2D eigenvalue weighted by molar-refractivity contribution is 0.0691. The molecule has 1 aliphatic heterocycles. The Morgan fingerprint density at radius 1 is 1.28 bits per heavy atom. The molecule has 1 aliphatic rings. The van der Waals surface area contributed by atoms with E-state index in [2.05, 4.69) is 15.5 Å². The number of rotatable bonds is 4. The molecule has 8 heteroatoms. The van der Waals surface area contributed by atoms with Crippen LogP contribution < -0.4 is 10.1 Å². The summed E-state index contributed by atoms with van der Waals surface area (Å²) in [5.74, 6) is 0.502. The number of nitrogens with zero attached hydrogens (tertiary/aromatic N) is 3. The smallest absolute Gasteiger partial charge is 0.274 e. The Hall–Kier alpha value is -1.89. The predicted molar refractivity (Wildman–Crippen MR) is 96.6 cm³/mol. The second-order valence-electron chi connectivity index (χ2n) is 5.79. The van der Waals surface area contributed by atoms with E-state index >= 15 is 0 Å². The molecule has 0 radical (unpaired) electrons. The van der Waals surface area contributed by atoms with Crippen LogP contribution in [0.3, 0.4) is 0 Å². The topological polar surface area (TPSA) is 67.4 Å². The van der Waals surface area contributed by atoms with Gasteiger partial charge in [0.1, 0.15) is 10.8 Å². The Morgan fingerprint density at radius 3 is 2.84 bits per heavy atom. The fourth-order valence-corrected chi connectivity index (χ4v) is 3.05. The quantitative estimate of drug-likeness (QED) is 0.879. The molecule has 6 nitrogen and oxygen atoms in total. The molecule has 0 saturated carbocycles. The lowest BCUT2D eigenvalue weighted by Crippen LogP contribution is -2.47. The summed E-state index contributed by atoms with van der Waals surface area (Å²) in [5.41, 5.74) is 0.293. The van der Waals surface area contributed by atoms with Crippen molar-refractivity contribution in [2.75, 3.05) is 20.1 Å². The predicted octanol–water partition coefficient (Wildman–Crippen LogP) is 3.40. The number of ether oxygens (including phenoxy) is 1. The number of piperidine rings is 1. The Labute approximate surface area is 156 Å². The SMILES string of the molecule is CNC1CCCN(C(=O)c2ccc(Oc3cccc(Cl)c3Cl)nn2)C1. The first-order chi connectivity index (χ1) is 12.1. The minimum absolute atomic E-state index is 0.125. The van der Waals surface area contributed by atoms with E-state index in [4.69, 9.17) is 27.9 Å². The van der Waals surface area contributed by atoms with Crippen molar-refractivity contribution in [3.8, 4) is 11.6 Å². The molecule has 2 aromatic rings. The largest absolute Gasteiger partial charge is 0.436 e. The van der Waals surface area contributed by atoms with Crippen molar-refractivity contribution >= 4 is 29.1 Å². The molecule has 25 heavy (non-hydrogen) atoms. The first-order valence-corrected chi connectivity index (χ1v) is 8.76. The third kappa shape index (κ3) is 4.21. The van der Waals surface area contributed by atoms with Gasteiger partial charge in [-0.2, -0.15) is 0 Å². The highest BCUT2D eigenvalue weighted by Gasteiger charge is 2.24. The molecule has 1 aromatic carbocycles. The van der Waals surface area contributed by atoms with E-state index in [9.17, 15) is 4.79 Å². The monoisotopic (exact) mass is 380 g/mol. The molecule has 1 saturated heterocycles. The highest BCUT2D eigenvalue weighted by Crippen LogP contribution is 2.33.